The van der Waals surface area contributed by atoms with E-state index in [-0.39, 0.29) is 17.0 Å². The Balaban J connectivity index is 0.00000162. The predicted octanol–water partition coefficient (Wildman–Crippen LogP) is 3.30. The minimum atomic E-state index is 0. The van der Waals surface area contributed by atoms with E-state index < -0.39 is 0 Å². The Bertz CT molecular complexity index is 419. The van der Waals surface area contributed by atoms with Gasteiger partial charge in [0.25, 0.3) is 0 Å². The summed E-state index contributed by atoms with van der Waals surface area (Å²) in [6.07, 6.45) is 0. The van der Waals surface area contributed by atoms with E-state index in [4.69, 9.17) is 11.6 Å². The van der Waals surface area contributed by atoms with Crippen LogP contribution in [0, 0.1) is 3.57 Å². The Kier molecular flexibility index (Phi) is 6.73. The van der Waals surface area contributed by atoms with Crippen LogP contribution in [-0.4, -0.2) is 30.5 Å². The largest absolute Gasteiger partial charge is 0.352 e. The molecule has 0 saturated carbocycles. The van der Waals surface area contributed by atoms with Crippen LogP contribution in [0.5, 0.6) is 0 Å². The van der Waals surface area contributed by atoms with Gasteiger partial charge in [0.2, 0.25) is 0 Å². The molecule has 1 aromatic carbocycles. The number of halogens is 3. The van der Waals surface area contributed by atoms with Gasteiger partial charge in [0.1, 0.15) is 0 Å². The van der Waals surface area contributed by atoms with Crippen molar-refractivity contribution in [1.82, 2.24) is 10.2 Å². The Morgan fingerprint density at radius 3 is 2.89 bits per heavy atom. The number of likely N-dealkylation sites (N-methyl/N-ethyl adjacent to an activating group) is 1. The average molecular weight is 445 g/mol. The van der Waals surface area contributed by atoms with Crippen molar-refractivity contribution in [2.45, 2.75) is 13.5 Å². The minimum absolute atomic E-state index is 0. The lowest BCUT2D eigenvalue weighted by Gasteiger charge is -2.19. The Morgan fingerprint density at radius 2 is 2.22 bits per heavy atom. The normalized spacial score (nSPS) is 14.2. The number of hydrogen-bond acceptors (Lipinski definition) is 3. The number of rotatable bonds is 3. The maximum atomic E-state index is 6.03. The summed E-state index contributed by atoms with van der Waals surface area (Å²) in [7, 11) is 0. The molecule has 0 atom stereocenters. The summed E-state index contributed by atoms with van der Waals surface area (Å²) in [5.74, 6) is 1.00. The van der Waals surface area contributed by atoms with E-state index >= 15 is 0 Å². The molecule has 1 aliphatic heterocycles. The van der Waals surface area contributed by atoms with Crippen molar-refractivity contribution in [2.75, 3.05) is 19.6 Å². The Hall–Kier alpha value is -0.0100. The summed E-state index contributed by atoms with van der Waals surface area (Å²) in [6, 6.07) is 6.07. The van der Waals surface area contributed by atoms with Gasteiger partial charge < -0.3 is 10.2 Å². The minimum Gasteiger partial charge on any atom is -0.352 e. The third-order valence-corrected chi connectivity index (χ3v) is 3.53. The van der Waals surface area contributed by atoms with Crippen molar-refractivity contribution in [3.05, 3.63) is 32.4 Å². The lowest BCUT2D eigenvalue weighted by Crippen LogP contribution is -2.37. The summed E-state index contributed by atoms with van der Waals surface area (Å²) in [4.78, 5) is 6.69. The second-order valence-corrected chi connectivity index (χ2v) is 5.60. The lowest BCUT2D eigenvalue weighted by atomic mass is 10.2. The molecule has 0 fully saturated rings. The van der Waals surface area contributed by atoms with Crippen LogP contribution in [-0.2, 0) is 6.54 Å². The first kappa shape index (κ1) is 16.0. The Labute approximate surface area is 137 Å². The molecule has 3 nitrogen and oxygen atoms in total. The van der Waals surface area contributed by atoms with Crippen LogP contribution in [0.1, 0.15) is 12.5 Å². The number of guanidine groups is 1. The molecule has 0 amide bonds. The molecule has 1 heterocycles. The van der Waals surface area contributed by atoms with Crippen LogP contribution in [0.2, 0.25) is 5.02 Å². The zero-order valence-corrected chi connectivity index (χ0v) is 14.7. The third kappa shape index (κ3) is 4.28. The van der Waals surface area contributed by atoms with Crippen molar-refractivity contribution in [3.8, 4) is 0 Å². The van der Waals surface area contributed by atoms with E-state index in [0.29, 0.717) is 0 Å². The van der Waals surface area contributed by atoms with Gasteiger partial charge in [0.05, 0.1) is 6.54 Å². The first-order valence-corrected chi connectivity index (χ1v) is 7.13. The van der Waals surface area contributed by atoms with E-state index in [1.807, 2.05) is 12.1 Å². The maximum absolute atomic E-state index is 6.03. The highest BCUT2D eigenvalue weighted by atomic mass is 127. The van der Waals surface area contributed by atoms with Gasteiger partial charge in [-0.2, -0.15) is 0 Å². The first-order chi connectivity index (χ1) is 8.19. The molecule has 6 heteroatoms. The highest BCUT2D eigenvalue weighted by Crippen LogP contribution is 2.16. The van der Waals surface area contributed by atoms with Crippen LogP contribution in [0.4, 0.5) is 0 Å². The third-order valence-electron chi connectivity index (χ3n) is 2.69. The number of hydrogen-bond donors (Lipinski definition) is 1. The molecule has 1 aromatic rings. The first-order valence-electron chi connectivity index (χ1n) is 5.67. The van der Waals surface area contributed by atoms with Gasteiger partial charge in [-0.15, -0.1) is 17.0 Å². The van der Waals surface area contributed by atoms with Crippen molar-refractivity contribution in [3.63, 3.8) is 0 Å². The molecule has 0 aliphatic carbocycles. The monoisotopic (exact) mass is 443 g/mol. The number of aliphatic imine (C=N–C) groups is 1. The molecule has 0 radical (unpaired) electrons. The quantitative estimate of drug-likeness (QED) is 0.725. The van der Waals surface area contributed by atoms with Crippen molar-refractivity contribution >= 4 is 57.1 Å². The molecule has 0 spiro atoms. The van der Waals surface area contributed by atoms with Crippen molar-refractivity contribution < 1.29 is 0 Å². The van der Waals surface area contributed by atoms with Gasteiger partial charge >= 0.3 is 0 Å². The molecular weight excluding hydrogens is 428 g/mol. The Morgan fingerprint density at radius 1 is 1.44 bits per heavy atom. The van der Waals surface area contributed by atoms with Crippen molar-refractivity contribution in [2.24, 2.45) is 4.99 Å². The molecule has 2 rings (SSSR count). The number of benzene rings is 1. The van der Waals surface area contributed by atoms with Gasteiger partial charge in [-0.3, -0.25) is 4.99 Å². The van der Waals surface area contributed by atoms with Gasteiger partial charge in [0, 0.05) is 28.2 Å². The highest BCUT2D eigenvalue weighted by Gasteiger charge is 2.14. The molecule has 1 aliphatic rings. The molecule has 0 unspecified atom stereocenters. The van der Waals surface area contributed by atoms with E-state index in [2.05, 4.69) is 50.8 Å². The summed E-state index contributed by atoms with van der Waals surface area (Å²) in [5.41, 5.74) is 1.19. The van der Waals surface area contributed by atoms with Crippen LogP contribution >= 0.6 is 51.2 Å². The zero-order chi connectivity index (χ0) is 12.3. The van der Waals surface area contributed by atoms with Crippen LogP contribution in [0.15, 0.2) is 23.2 Å². The fourth-order valence-corrected chi connectivity index (χ4v) is 3.03. The van der Waals surface area contributed by atoms with Crippen LogP contribution < -0.4 is 5.32 Å². The summed E-state index contributed by atoms with van der Waals surface area (Å²) >= 11 is 8.31. The smallest absolute Gasteiger partial charge is 0.194 e. The van der Waals surface area contributed by atoms with Gasteiger partial charge in [-0.05, 0) is 53.3 Å². The molecular formula is C12H16BrClIN3. The zero-order valence-electron chi connectivity index (χ0n) is 10.1. The second kappa shape index (κ2) is 7.55. The molecule has 0 aromatic heterocycles. The molecule has 0 saturated heterocycles. The summed E-state index contributed by atoms with van der Waals surface area (Å²) < 4.78 is 1.16. The van der Waals surface area contributed by atoms with E-state index in [0.717, 1.165) is 40.7 Å². The second-order valence-electron chi connectivity index (χ2n) is 3.92. The molecule has 18 heavy (non-hydrogen) atoms. The van der Waals surface area contributed by atoms with Crippen LogP contribution in [0.3, 0.4) is 0 Å². The van der Waals surface area contributed by atoms with Gasteiger partial charge in [-0.25, -0.2) is 0 Å². The van der Waals surface area contributed by atoms with Gasteiger partial charge in [-0.1, -0.05) is 11.6 Å². The van der Waals surface area contributed by atoms with Crippen LogP contribution in [0.25, 0.3) is 0 Å². The standard InChI is InChI=1S/C12H15ClIN3.BrH/c1-2-17-4-3-15-12(17)16-8-9-5-10(13)7-11(14)6-9;/h5-7H,2-4,8H2,1H3,(H,15,16);1H. The molecule has 100 valence electrons. The fourth-order valence-electron chi connectivity index (χ4n) is 1.85. The molecule has 0 bridgehead atoms. The van der Waals surface area contributed by atoms with Gasteiger partial charge in [0.15, 0.2) is 5.96 Å². The van der Waals surface area contributed by atoms with E-state index in [1.54, 1.807) is 0 Å². The van der Waals surface area contributed by atoms with Crippen molar-refractivity contribution in [1.29, 1.82) is 0 Å². The average Bonchev–Trinajstić information content (AvgIpc) is 2.72. The SMILES string of the molecule is Br.CCN1CCN=C1NCc1cc(Cl)cc(I)c1. The topological polar surface area (TPSA) is 27.6 Å². The highest BCUT2D eigenvalue weighted by molar-refractivity contribution is 14.1. The summed E-state index contributed by atoms with van der Waals surface area (Å²) in [5, 5.41) is 4.15. The number of nitrogens with zero attached hydrogens (tertiary/aromatic N) is 2. The fraction of sp³-hybridized carbons (Fsp3) is 0.417. The lowest BCUT2D eigenvalue weighted by molar-refractivity contribution is 0.466. The maximum Gasteiger partial charge on any atom is 0.194 e. The van der Waals surface area contributed by atoms with E-state index in [1.165, 1.54) is 5.56 Å². The summed E-state index contributed by atoms with van der Waals surface area (Å²) in [6.45, 7) is 5.82. The predicted molar refractivity (Wildman–Crippen MR) is 90.9 cm³/mol. The number of nitrogens with one attached hydrogen (secondary N) is 1. The van der Waals surface area contributed by atoms with E-state index in [9.17, 15) is 0 Å². The molecule has 1 N–H and O–H groups in total.